The molecule has 4 rings (SSSR count). The van der Waals surface area contributed by atoms with Gasteiger partial charge >= 0.3 is 0 Å². The first-order valence-electron chi connectivity index (χ1n) is 8.92. The number of hydrogen-bond acceptors (Lipinski definition) is 6. The number of aromatic nitrogens is 4. The quantitative estimate of drug-likeness (QED) is 0.760. The summed E-state index contributed by atoms with van der Waals surface area (Å²) in [7, 11) is 0. The second-order valence-electron chi connectivity index (χ2n) is 6.60. The summed E-state index contributed by atoms with van der Waals surface area (Å²) in [5.41, 5.74) is 1.49. The van der Waals surface area contributed by atoms with Gasteiger partial charge in [-0.05, 0) is 43.9 Å². The Hall–Kier alpha value is -3.29. The van der Waals surface area contributed by atoms with Crippen LogP contribution in [-0.4, -0.2) is 31.9 Å². The highest BCUT2D eigenvalue weighted by Gasteiger charge is 2.26. The predicted octanol–water partition coefficient (Wildman–Crippen LogP) is 2.21. The molecule has 0 bridgehead atoms. The fourth-order valence-corrected chi connectivity index (χ4v) is 3.41. The van der Waals surface area contributed by atoms with Gasteiger partial charge in [-0.25, -0.2) is 4.68 Å². The molecule has 0 radical (unpaired) electrons. The molecular formula is C19H19N5O3. The van der Waals surface area contributed by atoms with Crippen molar-refractivity contribution in [2.24, 2.45) is 0 Å². The van der Waals surface area contributed by atoms with Crippen molar-refractivity contribution in [1.82, 2.24) is 25.2 Å². The van der Waals surface area contributed by atoms with Crippen LogP contribution in [0.5, 0.6) is 0 Å². The van der Waals surface area contributed by atoms with Crippen LogP contribution in [0, 0.1) is 0 Å². The molecule has 0 aromatic carbocycles. The zero-order chi connectivity index (χ0) is 18.6. The number of hydrogen-bond donors (Lipinski definition) is 1. The van der Waals surface area contributed by atoms with Crippen molar-refractivity contribution in [2.75, 3.05) is 0 Å². The Labute approximate surface area is 155 Å². The molecule has 3 heterocycles. The summed E-state index contributed by atoms with van der Waals surface area (Å²) < 4.78 is 6.44. The van der Waals surface area contributed by atoms with E-state index >= 15 is 0 Å². The number of carbonyl (C=O) groups is 1. The Balaban J connectivity index is 1.44. The minimum Gasteiger partial charge on any atom is -0.351 e. The Morgan fingerprint density at radius 3 is 2.67 bits per heavy atom. The van der Waals surface area contributed by atoms with Gasteiger partial charge in [-0.2, -0.15) is 5.10 Å². The molecule has 1 N–H and O–H groups in total. The number of carbonyl (C=O) groups excluding carboxylic acids is 1. The van der Waals surface area contributed by atoms with E-state index in [1.807, 2.05) is 12.1 Å². The van der Waals surface area contributed by atoms with Crippen molar-refractivity contribution < 1.29 is 9.32 Å². The molecule has 138 valence electrons. The van der Waals surface area contributed by atoms with Crippen LogP contribution in [0.15, 0.2) is 58.2 Å². The number of pyridine rings is 1. The molecule has 1 aliphatic rings. The van der Waals surface area contributed by atoms with Crippen LogP contribution in [0.1, 0.15) is 42.3 Å². The van der Waals surface area contributed by atoms with Gasteiger partial charge in [0, 0.05) is 36.1 Å². The minimum atomic E-state index is -0.259. The van der Waals surface area contributed by atoms with Crippen molar-refractivity contribution in [3.63, 3.8) is 0 Å². The maximum atomic E-state index is 12.3. The standard InChI is InChI=1S/C19H19N5O3/c25-18-8-7-16(13-2-1-10-20-12-13)23-24(18)15-5-3-14(4-6-15)22-19(26)17-9-11-21-27-17/h1-2,7-12,14-15H,3-6H2,(H,22,26). The SMILES string of the molecule is O=C(NC1CCC(n2nc(-c3cccnc3)ccc2=O)CC1)c1ccno1. The lowest BCUT2D eigenvalue weighted by atomic mass is 9.91. The molecule has 8 nitrogen and oxygen atoms in total. The van der Waals surface area contributed by atoms with Gasteiger partial charge in [0.1, 0.15) is 0 Å². The van der Waals surface area contributed by atoms with Gasteiger partial charge in [-0.15, -0.1) is 0 Å². The van der Waals surface area contributed by atoms with Gasteiger partial charge in [0.05, 0.1) is 17.9 Å². The van der Waals surface area contributed by atoms with E-state index in [1.54, 1.807) is 29.2 Å². The van der Waals surface area contributed by atoms with Crippen molar-refractivity contribution in [1.29, 1.82) is 0 Å². The Kier molecular flexibility index (Phi) is 4.78. The average Bonchev–Trinajstić information content (AvgIpc) is 3.25. The molecule has 0 atom stereocenters. The molecular weight excluding hydrogens is 346 g/mol. The zero-order valence-corrected chi connectivity index (χ0v) is 14.6. The maximum Gasteiger partial charge on any atom is 0.290 e. The van der Waals surface area contributed by atoms with E-state index in [0.29, 0.717) is 0 Å². The maximum absolute atomic E-state index is 12.3. The van der Waals surface area contributed by atoms with E-state index in [1.165, 1.54) is 12.3 Å². The van der Waals surface area contributed by atoms with E-state index in [9.17, 15) is 9.59 Å². The number of rotatable bonds is 4. The predicted molar refractivity (Wildman–Crippen MR) is 97.0 cm³/mol. The van der Waals surface area contributed by atoms with Crippen molar-refractivity contribution in [3.8, 4) is 11.3 Å². The summed E-state index contributed by atoms with van der Waals surface area (Å²) in [4.78, 5) is 28.5. The smallest absolute Gasteiger partial charge is 0.290 e. The fraction of sp³-hybridized carbons (Fsp3) is 0.316. The van der Waals surface area contributed by atoms with Gasteiger partial charge in [-0.3, -0.25) is 14.6 Å². The van der Waals surface area contributed by atoms with E-state index in [-0.39, 0.29) is 29.3 Å². The summed E-state index contributed by atoms with van der Waals surface area (Å²) in [6.07, 6.45) is 7.96. The normalized spacial score (nSPS) is 19.6. The topological polar surface area (TPSA) is 103 Å². The van der Waals surface area contributed by atoms with Crippen molar-refractivity contribution >= 4 is 5.91 Å². The number of nitrogens with one attached hydrogen (secondary N) is 1. The van der Waals surface area contributed by atoms with Crippen LogP contribution in [-0.2, 0) is 0 Å². The van der Waals surface area contributed by atoms with Crippen molar-refractivity contribution in [2.45, 2.75) is 37.8 Å². The Bertz CT molecular complexity index is 961. The summed E-state index contributed by atoms with van der Waals surface area (Å²) >= 11 is 0. The molecule has 0 unspecified atom stereocenters. The lowest BCUT2D eigenvalue weighted by Crippen LogP contribution is -2.39. The van der Waals surface area contributed by atoms with Crippen LogP contribution >= 0.6 is 0 Å². The first-order valence-corrected chi connectivity index (χ1v) is 8.92. The fourth-order valence-electron chi connectivity index (χ4n) is 3.41. The van der Waals surface area contributed by atoms with Gasteiger partial charge in [0.15, 0.2) is 0 Å². The first kappa shape index (κ1) is 17.1. The summed E-state index contributed by atoms with van der Waals surface area (Å²) in [5, 5.41) is 11.0. The number of nitrogens with zero attached hydrogens (tertiary/aromatic N) is 4. The largest absolute Gasteiger partial charge is 0.351 e. The first-order chi connectivity index (χ1) is 13.2. The third-order valence-electron chi connectivity index (χ3n) is 4.82. The van der Waals surface area contributed by atoms with Crippen LogP contribution in [0.4, 0.5) is 0 Å². The van der Waals surface area contributed by atoms with Crippen LogP contribution in [0.2, 0.25) is 0 Å². The van der Waals surface area contributed by atoms with Crippen molar-refractivity contribution in [3.05, 3.63) is 65.0 Å². The molecule has 0 spiro atoms. The van der Waals surface area contributed by atoms with Gasteiger partial charge < -0.3 is 9.84 Å². The van der Waals surface area contributed by atoms with Gasteiger partial charge in [-0.1, -0.05) is 5.16 Å². The third kappa shape index (κ3) is 3.79. The summed E-state index contributed by atoms with van der Waals surface area (Å²) in [6.45, 7) is 0. The lowest BCUT2D eigenvalue weighted by molar-refractivity contribution is 0.0884. The highest BCUT2D eigenvalue weighted by Crippen LogP contribution is 2.27. The molecule has 1 aliphatic carbocycles. The molecule has 0 aliphatic heterocycles. The van der Waals surface area contributed by atoms with Gasteiger partial charge in [0.2, 0.25) is 5.76 Å². The van der Waals surface area contributed by atoms with E-state index < -0.39 is 0 Å². The highest BCUT2D eigenvalue weighted by atomic mass is 16.5. The average molecular weight is 365 g/mol. The molecule has 1 saturated carbocycles. The summed E-state index contributed by atoms with van der Waals surface area (Å²) in [6, 6.07) is 8.64. The molecule has 8 heteroatoms. The second-order valence-corrected chi connectivity index (χ2v) is 6.60. The molecule has 3 aromatic heterocycles. The Morgan fingerprint density at radius 1 is 1.11 bits per heavy atom. The second kappa shape index (κ2) is 7.53. The van der Waals surface area contributed by atoms with Gasteiger partial charge in [0.25, 0.3) is 11.5 Å². The highest BCUT2D eigenvalue weighted by molar-refractivity contribution is 5.91. The molecule has 0 saturated heterocycles. The molecule has 3 aromatic rings. The van der Waals surface area contributed by atoms with E-state index in [0.717, 1.165) is 36.9 Å². The van der Waals surface area contributed by atoms with Crippen LogP contribution in [0.3, 0.4) is 0 Å². The van der Waals surface area contributed by atoms with E-state index in [4.69, 9.17) is 4.52 Å². The third-order valence-corrected chi connectivity index (χ3v) is 4.82. The zero-order valence-electron chi connectivity index (χ0n) is 14.6. The Morgan fingerprint density at radius 2 is 1.96 bits per heavy atom. The molecule has 27 heavy (non-hydrogen) atoms. The van der Waals surface area contributed by atoms with E-state index in [2.05, 4.69) is 20.6 Å². The minimum absolute atomic E-state index is 0.0209. The number of amides is 1. The summed E-state index contributed by atoms with van der Waals surface area (Å²) in [5.74, 6) is -0.0519. The van der Waals surface area contributed by atoms with Crippen LogP contribution in [0.25, 0.3) is 11.3 Å². The van der Waals surface area contributed by atoms with Crippen LogP contribution < -0.4 is 10.9 Å². The monoisotopic (exact) mass is 365 g/mol. The molecule has 1 fully saturated rings. The molecule has 1 amide bonds. The lowest BCUT2D eigenvalue weighted by Gasteiger charge is -2.29.